The summed E-state index contributed by atoms with van der Waals surface area (Å²) >= 11 is 0. The quantitative estimate of drug-likeness (QED) is 0.890. The molecule has 0 amide bonds. The lowest BCUT2D eigenvalue weighted by molar-refractivity contribution is 0.461. The van der Waals surface area contributed by atoms with Gasteiger partial charge in [0.05, 0.1) is 17.4 Å². The summed E-state index contributed by atoms with van der Waals surface area (Å²) in [7, 11) is -3.56. The molecule has 1 N–H and O–H groups in total. The highest BCUT2D eigenvalue weighted by Crippen LogP contribution is 2.15. The second kappa shape index (κ2) is 4.86. The van der Waals surface area contributed by atoms with E-state index in [4.69, 9.17) is 5.26 Å². The van der Waals surface area contributed by atoms with E-state index in [2.05, 4.69) is 4.72 Å². The van der Waals surface area contributed by atoms with E-state index in [-0.39, 0.29) is 11.3 Å². The summed E-state index contributed by atoms with van der Waals surface area (Å²) in [5, 5.41) is 8.62. The predicted octanol–water partition coefficient (Wildman–Crippen LogP) is 1.97. The molecule has 0 bridgehead atoms. The zero-order chi connectivity index (χ0) is 13.1. The lowest BCUT2D eigenvalue weighted by Gasteiger charge is -2.22. The molecule has 0 spiro atoms. The van der Waals surface area contributed by atoms with Gasteiger partial charge in [0.25, 0.3) is 0 Å². The summed E-state index contributed by atoms with van der Waals surface area (Å²) in [6.45, 7) is 5.26. The van der Waals surface area contributed by atoms with E-state index < -0.39 is 15.6 Å². The highest BCUT2D eigenvalue weighted by Gasteiger charge is 2.25. The molecule has 1 aromatic carbocycles. The summed E-state index contributed by atoms with van der Waals surface area (Å²) in [6.07, 6.45) is 0.123. The minimum atomic E-state index is -3.56. The fraction of sp³-hybridized carbons (Fsp3) is 0.417. The molecule has 0 aliphatic rings. The van der Waals surface area contributed by atoms with Gasteiger partial charge in [0, 0.05) is 5.54 Å². The molecule has 1 rings (SSSR count). The Morgan fingerprint density at radius 3 is 2.29 bits per heavy atom. The van der Waals surface area contributed by atoms with E-state index in [1.807, 2.05) is 13.0 Å². The van der Waals surface area contributed by atoms with Gasteiger partial charge in [0.15, 0.2) is 0 Å². The highest BCUT2D eigenvalue weighted by atomic mass is 32.2. The normalized spacial score (nSPS) is 12.1. The summed E-state index contributed by atoms with van der Waals surface area (Å²) in [5.41, 5.74) is 0.235. The first-order chi connectivity index (χ1) is 7.77. The predicted molar refractivity (Wildman–Crippen MR) is 65.8 cm³/mol. The van der Waals surface area contributed by atoms with Gasteiger partial charge in [-0.1, -0.05) is 17.7 Å². The van der Waals surface area contributed by atoms with E-state index in [1.54, 1.807) is 38.1 Å². The Morgan fingerprint density at radius 2 is 1.82 bits per heavy atom. The smallest absolute Gasteiger partial charge is 0.207 e. The molecule has 0 heterocycles. The fourth-order valence-corrected chi connectivity index (χ4v) is 2.79. The first kappa shape index (κ1) is 13.7. The summed E-state index contributed by atoms with van der Waals surface area (Å²) in [4.78, 5) is 0.217. The molecule has 0 aliphatic heterocycles. The van der Waals surface area contributed by atoms with Crippen LogP contribution in [-0.4, -0.2) is 14.0 Å². The third kappa shape index (κ3) is 3.84. The van der Waals surface area contributed by atoms with Gasteiger partial charge in [0.1, 0.15) is 0 Å². The van der Waals surface area contributed by atoms with Crippen LogP contribution in [0, 0.1) is 18.3 Å². The van der Waals surface area contributed by atoms with Crippen molar-refractivity contribution < 1.29 is 8.42 Å². The van der Waals surface area contributed by atoms with E-state index in [0.29, 0.717) is 0 Å². The van der Waals surface area contributed by atoms with Crippen molar-refractivity contribution in [3.8, 4) is 6.07 Å². The van der Waals surface area contributed by atoms with Crippen molar-refractivity contribution >= 4 is 10.0 Å². The Balaban J connectivity index is 2.98. The van der Waals surface area contributed by atoms with E-state index in [1.165, 1.54) is 0 Å². The number of rotatable bonds is 4. The van der Waals surface area contributed by atoms with Gasteiger partial charge in [0.2, 0.25) is 10.0 Å². The largest absolute Gasteiger partial charge is 0.241 e. The third-order valence-electron chi connectivity index (χ3n) is 2.26. The molecular weight excluding hydrogens is 236 g/mol. The Morgan fingerprint density at radius 1 is 1.29 bits per heavy atom. The van der Waals surface area contributed by atoms with Crippen LogP contribution in [0.2, 0.25) is 0 Å². The van der Waals surface area contributed by atoms with Crippen LogP contribution in [0.5, 0.6) is 0 Å². The number of hydrogen-bond donors (Lipinski definition) is 1. The molecule has 92 valence electrons. The van der Waals surface area contributed by atoms with Crippen LogP contribution >= 0.6 is 0 Å². The zero-order valence-electron chi connectivity index (χ0n) is 10.2. The Labute approximate surface area is 102 Å². The molecule has 0 fully saturated rings. The molecule has 0 unspecified atom stereocenters. The maximum absolute atomic E-state index is 12.0. The molecule has 0 radical (unpaired) electrons. The minimum Gasteiger partial charge on any atom is -0.207 e. The molecule has 5 heteroatoms. The fourth-order valence-electron chi connectivity index (χ4n) is 1.37. The van der Waals surface area contributed by atoms with Crippen molar-refractivity contribution in [1.82, 2.24) is 4.72 Å². The van der Waals surface area contributed by atoms with E-state index in [9.17, 15) is 8.42 Å². The molecule has 0 saturated heterocycles. The number of aryl methyl sites for hydroxylation is 1. The molecule has 1 aromatic rings. The second-order valence-corrected chi connectivity index (χ2v) is 6.32. The molecular formula is C12H16N2O2S. The number of nitriles is 1. The van der Waals surface area contributed by atoms with Crippen molar-refractivity contribution in [2.24, 2.45) is 0 Å². The van der Waals surface area contributed by atoms with Gasteiger partial charge in [-0.2, -0.15) is 5.26 Å². The van der Waals surface area contributed by atoms with Crippen molar-refractivity contribution in [1.29, 1.82) is 5.26 Å². The molecule has 4 nitrogen and oxygen atoms in total. The van der Waals surface area contributed by atoms with E-state index in [0.717, 1.165) is 5.56 Å². The van der Waals surface area contributed by atoms with Crippen LogP contribution in [0.15, 0.2) is 29.2 Å². The van der Waals surface area contributed by atoms with Gasteiger partial charge in [-0.05, 0) is 32.9 Å². The second-order valence-electron chi connectivity index (χ2n) is 4.64. The van der Waals surface area contributed by atoms with Crippen LogP contribution in [0.4, 0.5) is 0 Å². The molecule has 0 atom stereocenters. The lowest BCUT2D eigenvalue weighted by Crippen LogP contribution is -2.42. The minimum absolute atomic E-state index is 0.123. The van der Waals surface area contributed by atoms with Crippen molar-refractivity contribution in [3.05, 3.63) is 29.8 Å². The third-order valence-corrected chi connectivity index (χ3v) is 3.98. The van der Waals surface area contributed by atoms with E-state index >= 15 is 0 Å². The lowest BCUT2D eigenvalue weighted by atomic mass is 10.0. The van der Waals surface area contributed by atoms with Crippen LogP contribution < -0.4 is 4.72 Å². The van der Waals surface area contributed by atoms with Crippen molar-refractivity contribution in [3.63, 3.8) is 0 Å². The summed E-state index contributed by atoms with van der Waals surface area (Å²) in [6, 6.07) is 8.56. The van der Waals surface area contributed by atoms with Gasteiger partial charge in [-0.15, -0.1) is 0 Å². The number of benzene rings is 1. The summed E-state index contributed by atoms with van der Waals surface area (Å²) < 4.78 is 26.5. The maximum Gasteiger partial charge on any atom is 0.241 e. The van der Waals surface area contributed by atoms with Gasteiger partial charge >= 0.3 is 0 Å². The molecule has 0 aliphatic carbocycles. The van der Waals surface area contributed by atoms with Crippen LogP contribution in [0.25, 0.3) is 0 Å². The SMILES string of the molecule is Cc1ccc(S(=O)(=O)NC(C)(C)CC#N)cc1. The van der Waals surface area contributed by atoms with Crippen LogP contribution in [0.3, 0.4) is 0 Å². The Kier molecular flexibility index (Phi) is 3.91. The van der Waals surface area contributed by atoms with Crippen molar-refractivity contribution in [2.75, 3.05) is 0 Å². The van der Waals surface area contributed by atoms with Crippen molar-refractivity contribution in [2.45, 2.75) is 37.6 Å². The number of hydrogen-bond acceptors (Lipinski definition) is 3. The maximum atomic E-state index is 12.0. The van der Waals surface area contributed by atoms with Gasteiger partial charge < -0.3 is 0 Å². The molecule has 17 heavy (non-hydrogen) atoms. The highest BCUT2D eigenvalue weighted by molar-refractivity contribution is 7.89. The standard InChI is InChI=1S/C12H16N2O2S/c1-10-4-6-11(7-5-10)17(15,16)14-12(2,3)8-9-13/h4-7,14H,8H2,1-3H3. The first-order valence-corrected chi connectivity index (χ1v) is 6.73. The number of nitrogens with zero attached hydrogens (tertiary/aromatic N) is 1. The first-order valence-electron chi connectivity index (χ1n) is 5.24. The Hall–Kier alpha value is -1.38. The molecule has 0 saturated carbocycles. The average molecular weight is 252 g/mol. The average Bonchev–Trinajstić information content (AvgIpc) is 2.16. The van der Waals surface area contributed by atoms with Gasteiger partial charge in [-0.3, -0.25) is 0 Å². The van der Waals surface area contributed by atoms with Crippen LogP contribution in [0.1, 0.15) is 25.8 Å². The Bertz CT molecular complexity index is 525. The van der Waals surface area contributed by atoms with Gasteiger partial charge in [-0.25, -0.2) is 13.1 Å². The van der Waals surface area contributed by atoms with Crippen LogP contribution in [-0.2, 0) is 10.0 Å². The monoisotopic (exact) mass is 252 g/mol. The number of sulfonamides is 1. The zero-order valence-corrected chi connectivity index (χ0v) is 11.0. The molecule has 0 aromatic heterocycles. The number of nitrogens with one attached hydrogen (secondary N) is 1. The summed E-state index contributed by atoms with van der Waals surface area (Å²) in [5.74, 6) is 0. The topological polar surface area (TPSA) is 70.0 Å².